The number of hydrogen-bond acceptors (Lipinski definition) is 4. The first-order chi connectivity index (χ1) is 17.6. The van der Waals surface area contributed by atoms with Crippen LogP contribution in [0.4, 0.5) is 23.2 Å². The summed E-state index contributed by atoms with van der Waals surface area (Å²) < 4.78 is 61.0. The molecule has 1 saturated carbocycles. The van der Waals surface area contributed by atoms with Crippen molar-refractivity contribution in [3.63, 3.8) is 0 Å². The Morgan fingerprint density at radius 3 is 2.11 bits per heavy atom. The van der Waals surface area contributed by atoms with Gasteiger partial charge in [0.15, 0.2) is 29.5 Å². The highest BCUT2D eigenvalue weighted by Gasteiger charge is 2.34. The van der Waals surface area contributed by atoms with Gasteiger partial charge in [-0.2, -0.15) is 0 Å². The lowest BCUT2D eigenvalue weighted by Crippen LogP contribution is -2.37. The number of rotatable bonds is 6. The highest BCUT2D eigenvalue weighted by molar-refractivity contribution is 6.34. The fourth-order valence-electron chi connectivity index (χ4n) is 4.12. The zero-order valence-corrected chi connectivity index (χ0v) is 20.5. The number of aliphatic hydroxyl groups is 1. The molecule has 1 aliphatic carbocycles. The third-order valence-electron chi connectivity index (χ3n) is 5.98. The quantitative estimate of drug-likeness (QED) is 0.154. The van der Waals surface area contributed by atoms with Crippen LogP contribution in [0.2, 0.25) is 10.0 Å². The molecule has 0 saturated heterocycles. The summed E-state index contributed by atoms with van der Waals surface area (Å²) in [4.78, 5) is 27.3. The molecule has 1 fully saturated rings. The molecular weight excluding hydrogens is 537 g/mol. The standard InChI is InChI=1S/C26H19Cl2F4NO4/c27-17-11-21(31)19(29)9-15(17)24(34)33(25(35)16-10-20(30)22(32)12-18(16)28)23-8-4-3-7-14(23)26(36)37-13-5-1-2-6-13/h3-4,7-13,24,34H,1-2,5-6H2/t24-/m0/s1. The number of hydrogen-bond donors (Lipinski definition) is 1. The van der Waals surface area contributed by atoms with Gasteiger partial charge < -0.3 is 9.84 Å². The van der Waals surface area contributed by atoms with Crippen molar-refractivity contribution >= 4 is 40.8 Å². The summed E-state index contributed by atoms with van der Waals surface area (Å²) in [5.41, 5.74) is -1.38. The van der Waals surface area contributed by atoms with E-state index in [0.717, 1.165) is 12.8 Å². The minimum atomic E-state index is -2.11. The van der Waals surface area contributed by atoms with E-state index in [2.05, 4.69) is 0 Å². The first-order valence-electron chi connectivity index (χ1n) is 11.2. The van der Waals surface area contributed by atoms with Gasteiger partial charge in [-0.3, -0.25) is 9.69 Å². The lowest BCUT2D eigenvalue weighted by atomic mass is 10.1. The van der Waals surface area contributed by atoms with Crippen LogP contribution in [-0.4, -0.2) is 23.1 Å². The van der Waals surface area contributed by atoms with E-state index in [4.69, 9.17) is 27.9 Å². The van der Waals surface area contributed by atoms with Crippen molar-refractivity contribution in [2.45, 2.75) is 38.0 Å². The molecule has 4 rings (SSSR count). The van der Waals surface area contributed by atoms with Crippen LogP contribution in [0, 0.1) is 23.3 Å². The predicted octanol–water partition coefficient (Wildman–Crippen LogP) is 6.99. The van der Waals surface area contributed by atoms with Crippen LogP contribution in [0.15, 0.2) is 48.5 Å². The Morgan fingerprint density at radius 2 is 1.43 bits per heavy atom. The largest absolute Gasteiger partial charge is 0.459 e. The third kappa shape index (κ3) is 5.58. The van der Waals surface area contributed by atoms with Crippen LogP contribution in [0.1, 0.15) is 58.2 Å². The van der Waals surface area contributed by atoms with Gasteiger partial charge in [0.2, 0.25) is 0 Å². The normalized spacial score (nSPS) is 14.5. The Hall–Kier alpha value is -3.14. The second kappa shape index (κ2) is 11.1. The summed E-state index contributed by atoms with van der Waals surface area (Å²) in [6, 6.07) is 7.81. The number of benzene rings is 3. The number of amides is 1. The highest BCUT2D eigenvalue weighted by atomic mass is 35.5. The second-order valence-electron chi connectivity index (χ2n) is 8.41. The topological polar surface area (TPSA) is 66.8 Å². The van der Waals surface area contributed by atoms with Gasteiger partial charge in [-0.25, -0.2) is 22.4 Å². The molecule has 37 heavy (non-hydrogen) atoms. The summed E-state index contributed by atoms with van der Waals surface area (Å²) in [7, 11) is 0. The molecule has 0 spiro atoms. The molecule has 1 N–H and O–H groups in total. The number of anilines is 1. The first kappa shape index (κ1) is 26.9. The second-order valence-corrected chi connectivity index (χ2v) is 9.23. The molecule has 0 bridgehead atoms. The Kier molecular flexibility index (Phi) is 8.06. The molecule has 0 heterocycles. The summed E-state index contributed by atoms with van der Waals surface area (Å²) in [5, 5.41) is 10.3. The number of para-hydroxylation sites is 1. The van der Waals surface area contributed by atoms with Crippen LogP contribution >= 0.6 is 23.2 Å². The van der Waals surface area contributed by atoms with Crippen LogP contribution < -0.4 is 4.90 Å². The molecule has 3 aromatic rings. The zero-order chi connectivity index (χ0) is 26.9. The van der Waals surface area contributed by atoms with Crippen LogP contribution in [0.5, 0.6) is 0 Å². The van der Waals surface area contributed by atoms with Gasteiger partial charge in [0.05, 0.1) is 26.9 Å². The van der Waals surface area contributed by atoms with E-state index in [1.54, 1.807) is 0 Å². The minimum Gasteiger partial charge on any atom is -0.459 e. The zero-order valence-electron chi connectivity index (χ0n) is 19.0. The molecule has 3 aromatic carbocycles. The van der Waals surface area contributed by atoms with E-state index in [1.807, 2.05) is 0 Å². The number of carbonyl (C=O) groups is 2. The monoisotopic (exact) mass is 555 g/mol. The maximum absolute atomic E-state index is 14.1. The number of nitrogens with zero attached hydrogens (tertiary/aromatic N) is 1. The van der Waals surface area contributed by atoms with E-state index in [-0.39, 0.29) is 17.4 Å². The predicted molar refractivity (Wildman–Crippen MR) is 129 cm³/mol. The van der Waals surface area contributed by atoms with E-state index in [1.165, 1.54) is 24.3 Å². The van der Waals surface area contributed by atoms with Crippen molar-refractivity contribution in [2.75, 3.05) is 4.90 Å². The third-order valence-corrected chi connectivity index (χ3v) is 6.62. The average molecular weight is 556 g/mol. The summed E-state index contributed by atoms with van der Waals surface area (Å²) >= 11 is 12.0. The maximum Gasteiger partial charge on any atom is 0.340 e. The van der Waals surface area contributed by atoms with Gasteiger partial charge >= 0.3 is 5.97 Å². The first-order valence-corrected chi connectivity index (χ1v) is 11.9. The van der Waals surface area contributed by atoms with Crippen molar-refractivity contribution in [1.29, 1.82) is 0 Å². The molecule has 5 nitrogen and oxygen atoms in total. The number of carbonyl (C=O) groups excluding carboxylic acids is 2. The molecule has 1 atom stereocenters. The Morgan fingerprint density at radius 1 is 0.865 bits per heavy atom. The van der Waals surface area contributed by atoms with Crippen molar-refractivity contribution in [3.8, 4) is 0 Å². The van der Waals surface area contributed by atoms with Gasteiger partial charge in [-0.15, -0.1) is 0 Å². The smallest absolute Gasteiger partial charge is 0.340 e. The fourth-order valence-corrected chi connectivity index (χ4v) is 4.60. The van der Waals surface area contributed by atoms with Gasteiger partial charge in [0.1, 0.15) is 6.10 Å². The molecular formula is C26H19Cl2F4NO4. The summed E-state index contributed by atoms with van der Waals surface area (Å²) in [6.45, 7) is 0. The molecule has 194 valence electrons. The van der Waals surface area contributed by atoms with E-state index >= 15 is 0 Å². The highest BCUT2D eigenvalue weighted by Crippen LogP contribution is 2.36. The van der Waals surface area contributed by atoms with Gasteiger partial charge in [-0.1, -0.05) is 35.3 Å². The molecule has 0 unspecified atom stereocenters. The molecule has 1 aliphatic rings. The van der Waals surface area contributed by atoms with Crippen molar-refractivity contribution in [3.05, 3.63) is 98.5 Å². The number of esters is 1. The summed E-state index contributed by atoms with van der Waals surface area (Å²) in [5.74, 6) is -7.38. The molecule has 0 aliphatic heterocycles. The number of ether oxygens (including phenoxy) is 1. The Labute approximate surface area is 219 Å². The average Bonchev–Trinajstić information content (AvgIpc) is 3.37. The van der Waals surface area contributed by atoms with Crippen LogP contribution in [0.3, 0.4) is 0 Å². The lowest BCUT2D eigenvalue weighted by molar-refractivity contribution is 0.0318. The Bertz CT molecular complexity index is 1360. The maximum atomic E-state index is 14.1. The van der Waals surface area contributed by atoms with E-state index in [0.29, 0.717) is 42.0 Å². The van der Waals surface area contributed by atoms with Crippen LogP contribution in [0.25, 0.3) is 0 Å². The fraction of sp³-hybridized carbons (Fsp3) is 0.231. The van der Waals surface area contributed by atoms with E-state index in [9.17, 15) is 32.3 Å². The number of aliphatic hydroxyl groups excluding tert-OH is 1. The van der Waals surface area contributed by atoms with Crippen molar-refractivity contribution in [2.24, 2.45) is 0 Å². The molecule has 11 heteroatoms. The minimum absolute atomic E-state index is 0.154. The Balaban J connectivity index is 1.86. The molecule has 0 radical (unpaired) electrons. The van der Waals surface area contributed by atoms with Crippen molar-refractivity contribution < 1.29 is 37.0 Å². The lowest BCUT2D eigenvalue weighted by Gasteiger charge is -2.31. The van der Waals surface area contributed by atoms with Crippen molar-refractivity contribution in [1.82, 2.24) is 0 Å². The van der Waals surface area contributed by atoms with E-state index < -0.39 is 62.5 Å². The molecule has 0 aromatic heterocycles. The van der Waals surface area contributed by atoms with Gasteiger partial charge in [0.25, 0.3) is 5.91 Å². The number of halogens is 6. The van der Waals surface area contributed by atoms with Gasteiger partial charge in [-0.05, 0) is 62.1 Å². The summed E-state index contributed by atoms with van der Waals surface area (Å²) in [6.07, 6.45) is 0.635. The molecule has 1 amide bonds. The van der Waals surface area contributed by atoms with Gasteiger partial charge in [0, 0.05) is 5.56 Å². The van der Waals surface area contributed by atoms with Crippen LogP contribution in [-0.2, 0) is 4.74 Å². The SMILES string of the molecule is O=C(OC1CCCC1)c1ccccc1N(C(=O)c1cc(F)c(F)cc1Cl)[C@@H](O)c1cc(F)c(F)cc1Cl.